The van der Waals surface area contributed by atoms with Crippen LogP contribution in [0.1, 0.15) is 11.0 Å². The molecule has 0 aliphatic rings. The van der Waals surface area contributed by atoms with Crippen molar-refractivity contribution in [3.63, 3.8) is 0 Å². The SMILES string of the molecule is [2H]c1c([2H])c([2H])c2c(-c3c(-c4ccc5c(ccc6ccccc65)c4)oc4c(-c5ccccc5)cccc34)c3c([2H])c([2H])c([2H])c([2H])c3c(-c3ccccc3)c2c1[2H]. The summed E-state index contributed by atoms with van der Waals surface area (Å²) in [5.74, 6) is 0.401. The summed E-state index contributed by atoms with van der Waals surface area (Å²) in [5, 5.41) is 5.42. The minimum Gasteiger partial charge on any atom is -0.455 e. The Morgan fingerprint density at radius 1 is 0.367 bits per heavy atom. The predicted octanol–water partition coefficient (Wildman–Crippen LogP) is 13.7. The molecule has 10 aromatic rings. The number of hydrogen-bond donors (Lipinski definition) is 0. The molecule has 0 fully saturated rings. The van der Waals surface area contributed by atoms with Gasteiger partial charge in [-0.25, -0.2) is 0 Å². The molecule has 0 radical (unpaired) electrons. The van der Waals surface area contributed by atoms with E-state index in [0.29, 0.717) is 39.0 Å². The molecular formula is C48H30O. The van der Waals surface area contributed by atoms with Gasteiger partial charge in [0.05, 0.1) is 11.0 Å². The van der Waals surface area contributed by atoms with Gasteiger partial charge in [0.15, 0.2) is 0 Å². The highest BCUT2D eigenvalue weighted by Crippen LogP contribution is 2.51. The average Bonchev–Trinajstić information content (AvgIpc) is 3.65. The second-order valence-corrected chi connectivity index (χ2v) is 12.2. The van der Waals surface area contributed by atoms with E-state index < -0.39 is 24.2 Å². The Morgan fingerprint density at radius 3 is 1.65 bits per heavy atom. The molecule has 1 heterocycles. The molecule has 0 unspecified atom stereocenters. The zero-order valence-corrected chi connectivity index (χ0v) is 26.1. The van der Waals surface area contributed by atoms with Crippen LogP contribution in [0, 0.1) is 0 Å². The van der Waals surface area contributed by atoms with Crippen molar-refractivity contribution in [1.29, 1.82) is 0 Å². The zero-order valence-electron chi connectivity index (χ0n) is 34.1. The van der Waals surface area contributed by atoms with Gasteiger partial charge in [-0.1, -0.05) is 176 Å². The van der Waals surface area contributed by atoms with E-state index in [1.807, 2.05) is 78.9 Å². The monoisotopic (exact) mass is 630 g/mol. The van der Waals surface area contributed by atoms with Gasteiger partial charge in [-0.3, -0.25) is 0 Å². The Morgan fingerprint density at radius 2 is 0.939 bits per heavy atom. The van der Waals surface area contributed by atoms with Crippen molar-refractivity contribution in [2.24, 2.45) is 0 Å². The van der Waals surface area contributed by atoms with Crippen LogP contribution in [0.4, 0.5) is 0 Å². The highest BCUT2D eigenvalue weighted by molar-refractivity contribution is 6.25. The Kier molecular flexibility index (Phi) is 4.69. The van der Waals surface area contributed by atoms with Gasteiger partial charge in [0, 0.05) is 27.6 Å². The van der Waals surface area contributed by atoms with Crippen molar-refractivity contribution in [2.45, 2.75) is 0 Å². The molecular weight excluding hydrogens is 593 g/mol. The number of hydrogen-bond acceptors (Lipinski definition) is 1. The molecule has 0 bridgehead atoms. The van der Waals surface area contributed by atoms with Crippen molar-refractivity contribution in [2.75, 3.05) is 0 Å². The van der Waals surface area contributed by atoms with E-state index in [-0.39, 0.29) is 51.3 Å². The first-order valence-electron chi connectivity index (χ1n) is 20.2. The number of para-hydroxylation sites is 1. The smallest absolute Gasteiger partial charge is 0.143 e. The van der Waals surface area contributed by atoms with Crippen LogP contribution in [0.25, 0.3) is 98.8 Å². The van der Waals surface area contributed by atoms with Gasteiger partial charge in [0.2, 0.25) is 0 Å². The molecule has 49 heavy (non-hydrogen) atoms. The number of rotatable bonds is 4. The molecule has 1 aromatic heterocycles. The standard InChI is InChI=1S/C48H30O/c1-3-14-31(15-4-1)38-24-13-25-43-46(47(49-48(38)43)35-28-29-37-34(30-35)27-26-32-16-7-8-19-36(32)37)45-41-22-11-9-20-39(41)44(33-17-5-2-6-18-33)40-21-10-12-23-42(40)45/h1-30H/i9D,10D,11D,12D,20D,21D,22D,23D. The van der Waals surface area contributed by atoms with Crippen LogP contribution in [-0.2, 0) is 0 Å². The van der Waals surface area contributed by atoms with Crippen LogP contribution < -0.4 is 0 Å². The molecule has 0 amide bonds. The molecule has 1 heteroatoms. The van der Waals surface area contributed by atoms with Crippen molar-refractivity contribution < 1.29 is 15.4 Å². The Balaban J connectivity index is 1.47. The quantitative estimate of drug-likeness (QED) is 0.139. The van der Waals surface area contributed by atoms with Gasteiger partial charge in [-0.2, -0.15) is 0 Å². The van der Waals surface area contributed by atoms with Crippen LogP contribution in [0.2, 0.25) is 0 Å². The van der Waals surface area contributed by atoms with Crippen LogP contribution in [0.3, 0.4) is 0 Å². The fourth-order valence-corrected chi connectivity index (χ4v) is 7.34. The normalized spacial score (nSPS) is 14.0. The van der Waals surface area contributed by atoms with Crippen LogP contribution in [-0.4, -0.2) is 0 Å². The lowest BCUT2D eigenvalue weighted by molar-refractivity contribution is 0.633. The Bertz CT molecular complexity index is 3240. The van der Waals surface area contributed by atoms with Crippen LogP contribution in [0.5, 0.6) is 0 Å². The lowest BCUT2D eigenvalue weighted by Gasteiger charge is -2.18. The summed E-state index contributed by atoms with van der Waals surface area (Å²) >= 11 is 0. The topological polar surface area (TPSA) is 13.1 Å². The van der Waals surface area contributed by atoms with Crippen molar-refractivity contribution in [3.05, 3.63) is 182 Å². The van der Waals surface area contributed by atoms with Crippen molar-refractivity contribution in [3.8, 4) is 44.7 Å². The molecule has 0 spiro atoms. The third-order valence-electron chi connectivity index (χ3n) is 9.49. The number of furan rings is 1. The Labute approximate surface area is 295 Å². The van der Waals surface area contributed by atoms with Crippen molar-refractivity contribution >= 4 is 54.1 Å². The van der Waals surface area contributed by atoms with Gasteiger partial charge in [-0.15, -0.1) is 0 Å². The fraction of sp³-hybridized carbons (Fsp3) is 0. The summed E-state index contributed by atoms with van der Waals surface area (Å²) < 4.78 is 80.6. The van der Waals surface area contributed by atoms with E-state index in [2.05, 4.69) is 30.3 Å². The molecule has 0 saturated carbocycles. The van der Waals surface area contributed by atoms with Gasteiger partial charge >= 0.3 is 0 Å². The molecule has 0 aliphatic carbocycles. The molecule has 1 nitrogen and oxygen atoms in total. The van der Waals surface area contributed by atoms with Gasteiger partial charge in [-0.05, 0) is 65.8 Å². The van der Waals surface area contributed by atoms with Crippen LogP contribution >= 0.6 is 0 Å². The van der Waals surface area contributed by atoms with E-state index in [0.717, 1.165) is 32.7 Å². The number of fused-ring (bicyclic) bond motifs is 6. The molecule has 0 saturated heterocycles. The lowest BCUT2D eigenvalue weighted by atomic mass is 9.84. The van der Waals surface area contributed by atoms with E-state index >= 15 is 0 Å². The largest absolute Gasteiger partial charge is 0.455 e. The second-order valence-electron chi connectivity index (χ2n) is 12.2. The van der Waals surface area contributed by atoms with Gasteiger partial charge < -0.3 is 4.42 Å². The summed E-state index contributed by atoms with van der Waals surface area (Å²) in [4.78, 5) is 0. The average molecular weight is 631 g/mol. The fourth-order valence-electron chi connectivity index (χ4n) is 7.34. The van der Waals surface area contributed by atoms with Gasteiger partial charge in [0.1, 0.15) is 11.3 Å². The van der Waals surface area contributed by atoms with Gasteiger partial charge in [0.25, 0.3) is 0 Å². The third kappa shape index (κ3) is 4.33. The molecule has 0 aliphatic heterocycles. The maximum absolute atomic E-state index is 9.55. The lowest BCUT2D eigenvalue weighted by Crippen LogP contribution is -1.91. The van der Waals surface area contributed by atoms with E-state index in [4.69, 9.17) is 9.90 Å². The van der Waals surface area contributed by atoms with Crippen LogP contribution in [0.15, 0.2) is 186 Å². The minimum atomic E-state index is -0.454. The molecule has 9 aromatic carbocycles. The predicted molar refractivity (Wildman–Crippen MR) is 208 cm³/mol. The van der Waals surface area contributed by atoms with E-state index in [1.165, 1.54) is 0 Å². The number of benzene rings is 9. The Hall–Kier alpha value is -6.44. The summed E-state index contributed by atoms with van der Waals surface area (Å²) in [6.45, 7) is 0. The summed E-state index contributed by atoms with van der Waals surface area (Å²) in [7, 11) is 0. The highest BCUT2D eigenvalue weighted by Gasteiger charge is 2.25. The third-order valence-corrected chi connectivity index (χ3v) is 9.49. The summed E-state index contributed by atoms with van der Waals surface area (Å²) in [6, 6.07) is 39.9. The maximum Gasteiger partial charge on any atom is 0.143 e. The first-order valence-corrected chi connectivity index (χ1v) is 16.2. The zero-order chi connectivity index (χ0) is 39.3. The first kappa shape index (κ1) is 20.7. The molecule has 0 N–H and O–H groups in total. The molecule has 228 valence electrons. The maximum atomic E-state index is 9.55. The minimum absolute atomic E-state index is 0.137. The first-order chi connectivity index (χ1) is 27.7. The van der Waals surface area contributed by atoms with E-state index in [9.17, 15) is 5.48 Å². The van der Waals surface area contributed by atoms with Crippen molar-refractivity contribution in [1.82, 2.24) is 0 Å². The molecule has 0 atom stereocenters. The molecule has 10 rings (SSSR count). The second kappa shape index (κ2) is 11.1. The summed E-state index contributed by atoms with van der Waals surface area (Å²) in [6.07, 6.45) is 0. The van der Waals surface area contributed by atoms with E-state index in [1.54, 1.807) is 24.3 Å². The summed E-state index contributed by atoms with van der Waals surface area (Å²) in [5.41, 5.74) is 4.49. The highest BCUT2D eigenvalue weighted by atomic mass is 16.3.